The van der Waals surface area contributed by atoms with Gasteiger partial charge in [0, 0.05) is 47.6 Å². The highest BCUT2D eigenvalue weighted by molar-refractivity contribution is 6.05. The van der Waals surface area contributed by atoms with Crippen molar-refractivity contribution in [2.24, 2.45) is 0 Å². The van der Waals surface area contributed by atoms with Crippen molar-refractivity contribution < 1.29 is 14.3 Å². The number of para-hydroxylation sites is 1. The van der Waals surface area contributed by atoms with E-state index in [0.717, 1.165) is 39.7 Å². The monoisotopic (exact) mass is 467 g/mol. The van der Waals surface area contributed by atoms with Crippen LogP contribution in [0.2, 0.25) is 0 Å². The highest BCUT2D eigenvalue weighted by Gasteiger charge is 2.44. The average molecular weight is 468 g/mol. The molecule has 4 aromatic rings. The molecule has 6 nitrogen and oxygen atoms in total. The molecule has 5 rings (SSSR count). The number of ether oxygens (including phenoxy) is 1. The fourth-order valence-electron chi connectivity index (χ4n) is 5.08. The van der Waals surface area contributed by atoms with Crippen molar-refractivity contribution in [1.29, 1.82) is 0 Å². The lowest BCUT2D eigenvalue weighted by molar-refractivity contribution is -0.119. The van der Waals surface area contributed by atoms with E-state index in [1.807, 2.05) is 72.9 Å². The summed E-state index contributed by atoms with van der Waals surface area (Å²) in [5.41, 5.74) is 5.09. The summed E-state index contributed by atoms with van der Waals surface area (Å²) in [5.74, 6) is -0.828. The van der Waals surface area contributed by atoms with E-state index in [-0.39, 0.29) is 11.8 Å². The zero-order valence-corrected chi connectivity index (χ0v) is 20.0. The van der Waals surface area contributed by atoms with E-state index in [1.165, 1.54) is 0 Å². The number of carbonyl (C=O) groups is 2. The molecule has 6 heteroatoms. The summed E-state index contributed by atoms with van der Waals surface area (Å²) in [6, 6.07) is 22.8. The third kappa shape index (κ3) is 4.21. The number of anilines is 1. The van der Waals surface area contributed by atoms with Crippen LogP contribution < -0.4 is 5.32 Å². The molecule has 2 atom stereocenters. The molecule has 2 heterocycles. The molecule has 2 amide bonds. The number of H-pyrrole nitrogens is 1. The zero-order chi connectivity index (χ0) is 24.4. The quantitative estimate of drug-likeness (QED) is 0.388. The van der Waals surface area contributed by atoms with Gasteiger partial charge in [0.2, 0.25) is 5.91 Å². The van der Waals surface area contributed by atoms with Gasteiger partial charge < -0.3 is 19.9 Å². The first-order valence-corrected chi connectivity index (χ1v) is 12.0. The number of fused-ring (bicyclic) bond motifs is 2. The van der Waals surface area contributed by atoms with Crippen molar-refractivity contribution >= 4 is 28.4 Å². The SMILES string of the molecule is CCc1cccc(NC(=O)[C@@H]2c3ccccc3C(=O)N(CCOC)[C@@H]2c2c[nH]c3ccccc23)c1. The van der Waals surface area contributed by atoms with Crippen LogP contribution >= 0.6 is 0 Å². The molecule has 1 aliphatic rings. The van der Waals surface area contributed by atoms with Crippen LogP contribution in [0.3, 0.4) is 0 Å². The van der Waals surface area contributed by atoms with Gasteiger partial charge >= 0.3 is 0 Å². The number of rotatable bonds is 7. The number of amides is 2. The van der Waals surface area contributed by atoms with Gasteiger partial charge in [-0.05, 0) is 41.8 Å². The largest absolute Gasteiger partial charge is 0.383 e. The third-order valence-electron chi connectivity index (χ3n) is 6.80. The lowest BCUT2D eigenvalue weighted by atomic mass is 9.79. The molecule has 1 aliphatic heterocycles. The van der Waals surface area contributed by atoms with Crippen molar-refractivity contribution in [2.45, 2.75) is 25.3 Å². The number of hydrogen-bond acceptors (Lipinski definition) is 3. The smallest absolute Gasteiger partial charge is 0.254 e. The Morgan fingerprint density at radius 2 is 1.83 bits per heavy atom. The molecule has 3 aromatic carbocycles. The van der Waals surface area contributed by atoms with Gasteiger partial charge in [-0.25, -0.2) is 0 Å². The topological polar surface area (TPSA) is 74.4 Å². The Hall–Kier alpha value is -3.90. The summed E-state index contributed by atoms with van der Waals surface area (Å²) in [4.78, 5) is 32.8. The minimum atomic E-state index is -0.592. The van der Waals surface area contributed by atoms with Crippen LogP contribution in [0.15, 0.2) is 79.0 Å². The fourth-order valence-corrected chi connectivity index (χ4v) is 5.08. The molecule has 0 unspecified atom stereocenters. The van der Waals surface area contributed by atoms with Crippen molar-refractivity contribution in [3.63, 3.8) is 0 Å². The van der Waals surface area contributed by atoms with Gasteiger partial charge in [0.15, 0.2) is 0 Å². The van der Waals surface area contributed by atoms with Crippen LogP contribution in [-0.4, -0.2) is 42.0 Å². The molecule has 178 valence electrons. The minimum absolute atomic E-state index is 0.0926. The maximum Gasteiger partial charge on any atom is 0.254 e. The Labute approximate surface area is 204 Å². The summed E-state index contributed by atoms with van der Waals surface area (Å²) in [7, 11) is 1.62. The number of hydrogen-bond donors (Lipinski definition) is 2. The number of nitrogens with one attached hydrogen (secondary N) is 2. The van der Waals surface area contributed by atoms with Crippen LogP contribution in [0.25, 0.3) is 10.9 Å². The third-order valence-corrected chi connectivity index (χ3v) is 6.80. The van der Waals surface area contributed by atoms with E-state index in [1.54, 1.807) is 18.1 Å². The van der Waals surface area contributed by atoms with Gasteiger partial charge in [-0.1, -0.05) is 55.5 Å². The van der Waals surface area contributed by atoms with Crippen molar-refractivity contribution in [1.82, 2.24) is 9.88 Å². The van der Waals surface area contributed by atoms with E-state index in [4.69, 9.17) is 4.74 Å². The number of aryl methyl sites for hydroxylation is 1. The molecular formula is C29H29N3O3. The maximum atomic E-state index is 14.0. The molecular weight excluding hydrogens is 438 g/mol. The van der Waals surface area contributed by atoms with Gasteiger partial charge in [0.25, 0.3) is 5.91 Å². The number of nitrogens with zero attached hydrogens (tertiary/aromatic N) is 1. The van der Waals surface area contributed by atoms with Gasteiger partial charge in [-0.3, -0.25) is 9.59 Å². The first kappa shape index (κ1) is 22.9. The summed E-state index contributed by atoms with van der Waals surface area (Å²) in [6.45, 7) is 2.84. The van der Waals surface area contributed by atoms with Crippen LogP contribution in [0, 0.1) is 0 Å². The number of benzene rings is 3. The van der Waals surface area contributed by atoms with Crippen molar-refractivity contribution in [3.8, 4) is 0 Å². The second-order valence-electron chi connectivity index (χ2n) is 8.83. The molecule has 0 radical (unpaired) electrons. The highest BCUT2D eigenvalue weighted by atomic mass is 16.5. The van der Waals surface area contributed by atoms with E-state index in [0.29, 0.717) is 18.7 Å². The lowest BCUT2D eigenvalue weighted by Crippen LogP contribution is -2.47. The van der Waals surface area contributed by atoms with Gasteiger partial charge in [0.1, 0.15) is 0 Å². The normalized spacial score (nSPS) is 17.4. The molecule has 0 aliphatic carbocycles. The molecule has 0 saturated carbocycles. The van der Waals surface area contributed by atoms with Gasteiger partial charge in [0.05, 0.1) is 18.6 Å². The predicted octanol–water partition coefficient (Wildman–Crippen LogP) is 5.30. The Balaban J connectivity index is 1.65. The van der Waals surface area contributed by atoms with Crippen LogP contribution in [0.4, 0.5) is 5.69 Å². The van der Waals surface area contributed by atoms with E-state index < -0.39 is 12.0 Å². The zero-order valence-electron chi connectivity index (χ0n) is 20.0. The molecule has 2 N–H and O–H groups in total. The van der Waals surface area contributed by atoms with Gasteiger partial charge in [-0.15, -0.1) is 0 Å². The Kier molecular flexibility index (Phi) is 6.38. The summed E-state index contributed by atoms with van der Waals surface area (Å²) >= 11 is 0. The van der Waals surface area contributed by atoms with E-state index in [9.17, 15) is 9.59 Å². The van der Waals surface area contributed by atoms with Crippen molar-refractivity contribution in [3.05, 3.63) is 101 Å². The molecule has 1 aromatic heterocycles. The van der Waals surface area contributed by atoms with Crippen LogP contribution in [-0.2, 0) is 16.0 Å². The summed E-state index contributed by atoms with van der Waals surface area (Å²) in [6.07, 6.45) is 2.81. The molecule has 0 fully saturated rings. The van der Waals surface area contributed by atoms with E-state index in [2.05, 4.69) is 17.2 Å². The first-order valence-electron chi connectivity index (χ1n) is 12.0. The minimum Gasteiger partial charge on any atom is -0.383 e. The number of methoxy groups -OCH3 is 1. The average Bonchev–Trinajstić information content (AvgIpc) is 3.32. The fraction of sp³-hybridized carbons (Fsp3) is 0.241. The van der Waals surface area contributed by atoms with Crippen LogP contribution in [0.1, 0.15) is 45.9 Å². The number of aromatic nitrogens is 1. The number of aromatic amines is 1. The summed E-state index contributed by atoms with van der Waals surface area (Å²) in [5, 5.41) is 4.14. The Morgan fingerprint density at radius 1 is 1.03 bits per heavy atom. The second kappa shape index (κ2) is 9.76. The molecule has 0 bridgehead atoms. The Morgan fingerprint density at radius 3 is 2.66 bits per heavy atom. The molecule has 0 spiro atoms. The molecule has 0 saturated heterocycles. The summed E-state index contributed by atoms with van der Waals surface area (Å²) < 4.78 is 5.35. The Bertz CT molecular complexity index is 1380. The standard InChI is InChI=1S/C29H29N3O3/c1-3-19-9-8-10-20(17-19)31-28(33)26-22-12-4-5-13-23(22)29(34)32(15-16-35-2)27(26)24-18-30-25-14-7-6-11-21(24)25/h4-14,17-18,26-27,30H,3,15-16H2,1-2H3,(H,31,33)/t26-,27-/m1/s1. The lowest BCUT2D eigenvalue weighted by Gasteiger charge is -2.41. The van der Waals surface area contributed by atoms with Crippen molar-refractivity contribution in [2.75, 3.05) is 25.6 Å². The van der Waals surface area contributed by atoms with Gasteiger partial charge in [-0.2, -0.15) is 0 Å². The second-order valence-corrected chi connectivity index (χ2v) is 8.83. The van der Waals surface area contributed by atoms with E-state index >= 15 is 0 Å². The number of carbonyl (C=O) groups excluding carboxylic acids is 2. The maximum absolute atomic E-state index is 14.0. The predicted molar refractivity (Wildman–Crippen MR) is 138 cm³/mol. The first-order chi connectivity index (χ1) is 17.1. The molecule has 35 heavy (non-hydrogen) atoms. The highest BCUT2D eigenvalue weighted by Crippen LogP contribution is 2.45. The van der Waals surface area contributed by atoms with Crippen LogP contribution in [0.5, 0.6) is 0 Å².